The normalized spacial score (nSPS) is 9.93. The molecule has 1 aromatic rings. The number of esters is 1. The highest BCUT2D eigenvalue weighted by Crippen LogP contribution is 2.17. The highest BCUT2D eigenvalue weighted by atomic mass is 19.1. The van der Waals surface area contributed by atoms with Gasteiger partial charge in [-0.25, -0.2) is 8.78 Å². The first-order valence-electron chi connectivity index (χ1n) is 3.99. The third-order valence-electron chi connectivity index (χ3n) is 1.47. The first-order chi connectivity index (χ1) is 6.63. The number of carbonyl (C=O) groups is 1. The first-order valence-corrected chi connectivity index (χ1v) is 3.99. The molecule has 14 heavy (non-hydrogen) atoms. The lowest BCUT2D eigenvalue weighted by Gasteiger charge is -2.03. The summed E-state index contributed by atoms with van der Waals surface area (Å²) in [7, 11) is 0. The summed E-state index contributed by atoms with van der Waals surface area (Å²) in [5, 5.41) is 0. The lowest BCUT2D eigenvalue weighted by molar-refractivity contribution is -0.134. The second-order valence-electron chi connectivity index (χ2n) is 2.59. The maximum Gasteiger partial charge on any atom is 0.312 e. The van der Waals surface area contributed by atoms with Crippen molar-refractivity contribution in [3.63, 3.8) is 0 Å². The van der Waals surface area contributed by atoms with Crippen LogP contribution in [0.25, 0.3) is 0 Å². The lowest BCUT2D eigenvalue weighted by Crippen LogP contribution is -2.14. The third-order valence-corrected chi connectivity index (χ3v) is 1.47. The number of rotatable bonds is 3. The largest absolute Gasteiger partial charge is 0.423 e. The number of nitrogens with two attached hydrogens (primary N) is 1. The fraction of sp³-hybridized carbons (Fsp3) is 0.222. The van der Waals surface area contributed by atoms with E-state index in [1.165, 1.54) is 0 Å². The van der Waals surface area contributed by atoms with E-state index in [0.717, 1.165) is 12.1 Å². The molecule has 0 radical (unpaired) electrons. The Kier molecular flexibility index (Phi) is 3.53. The summed E-state index contributed by atoms with van der Waals surface area (Å²) in [4.78, 5) is 10.9. The summed E-state index contributed by atoms with van der Waals surface area (Å²) < 4.78 is 29.9. The van der Waals surface area contributed by atoms with Gasteiger partial charge in [-0.3, -0.25) is 4.79 Å². The highest BCUT2D eigenvalue weighted by molar-refractivity contribution is 5.72. The van der Waals surface area contributed by atoms with E-state index in [1.54, 1.807) is 0 Å². The van der Waals surface area contributed by atoms with Crippen LogP contribution in [0.2, 0.25) is 0 Å². The molecule has 0 unspecified atom stereocenters. The Hall–Kier alpha value is -1.49. The number of ether oxygens (including phenoxy) is 1. The van der Waals surface area contributed by atoms with Gasteiger partial charge in [0.2, 0.25) is 0 Å². The van der Waals surface area contributed by atoms with Crippen LogP contribution in [-0.4, -0.2) is 12.5 Å². The maximum absolute atomic E-state index is 12.9. The van der Waals surface area contributed by atoms with Crippen molar-refractivity contribution in [1.82, 2.24) is 0 Å². The molecule has 0 aliphatic rings. The van der Waals surface area contributed by atoms with E-state index in [2.05, 4.69) is 4.74 Å². The van der Waals surface area contributed by atoms with Gasteiger partial charge in [-0.15, -0.1) is 0 Å². The van der Waals surface area contributed by atoms with Crippen molar-refractivity contribution in [3.8, 4) is 5.75 Å². The molecule has 3 nitrogen and oxygen atoms in total. The summed E-state index contributed by atoms with van der Waals surface area (Å²) in [6, 6.07) is 2.71. The van der Waals surface area contributed by atoms with Crippen LogP contribution in [0, 0.1) is 11.6 Å². The Balaban J connectivity index is 2.72. The number of hydrogen-bond donors (Lipinski definition) is 1. The average molecular weight is 201 g/mol. The van der Waals surface area contributed by atoms with Gasteiger partial charge in [-0.2, -0.15) is 0 Å². The molecule has 0 heterocycles. The molecule has 0 aliphatic carbocycles. The molecule has 0 spiro atoms. The van der Waals surface area contributed by atoms with E-state index in [4.69, 9.17) is 5.73 Å². The van der Waals surface area contributed by atoms with Crippen molar-refractivity contribution in [2.24, 2.45) is 5.73 Å². The van der Waals surface area contributed by atoms with Crippen LogP contribution in [-0.2, 0) is 4.79 Å². The van der Waals surface area contributed by atoms with Gasteiger partial charge in [0.1, 0.15) is 5.82 Å². The van der Waals surface area contributed by atoms with Crippen molar-refractivity contribution in [1.29, 1.82) is 0 Å². The molecule has 2 N–H and O–H groups in total. The molecule has 0 fully saturated rings. The molecule has 0 bridgehead atoms. The average Bonchev–Trinajstić information content (AvgIpc) is 2.10. The lowest BCUT2D eigenvalue weighted by atomic mass is 10.3. The van der Waals surface area contributed by atoms with Gasteiger partial charge in [0, 0.05) is 12.6 Å². The second-order valence-corrected chi connectivity index (χ2v) is 2.59. The van der Waals surface area contributed by atoms with Crippen molar-refractivity contribution in [2.45, 2.75) is 6.42 Å². The van der Waals surface area contributed by atoms with E-state index in [1.807, 2.05) is 0 Å². The van der Waals surface area contributed by atoms with E-state index < -0.39 is 17.6 Å². The predicted octanol–water partition coefficient (Wildman–Crippen LogP) is 1.22. The molecule has 0 aromatic heterocycles. The maximum atomic E-state index is 12.9. The fourth-order valence-electron chi connectivity index (χ4n) is 0.850. The van der Waals surface area contributed by atoms with Crippen LogP contribution in [0.15, 0.2) is 18.2 Å². The molecule has 76 valence electrons. The van der Waals surface area contributed by atoms with Crippen LogP contribution in [0.4, 0.5) is 8.78 Å². The minimum absolute atomic E-state index is 0.00316. The van der Waals surface area contributed by atoms with E-state index in [0.29, 0.717) is 6.07 Å². The van der Waals surface area contributed by atoms with Crippen molar-refractivity contribution in [3.05, 3.63) is 29.8 Å². The van der Waals surface area contributed by atoms with E-state index >= 15 is 0 Å². The zero-order valence-corrected chi connectivity index (χ0v) is 7.30. The first kappa shape index (κ1) is 10.6. The molecule has 0 aliphatic heterocycles. The molecule has 0 atom stereocenters. The Labute approximate surface area is 79.5 Å². The summed E-state index contributed by atoms with van der Waals surface area (Å²) in [6.45, 7) is 0.127. The molecule has 0 saturated heterocycles. The molecular formula is C9H9F2NO2. The summed E-state index contributed by atoms with van der Waals surface area (Å²) in [6.07, 6.45) is -0.00316. The summed E-state index contributed by atoms with van der Waals surface area (Å²) in [5.74, 6) is -2.56. The Morgan fingerprint density at radius 2 is 2.14 bits per heavy atom. The topological polar surface area (TPSA) is 52.3 Å². The SMILES string of the molecule is NCCC(=O)Oc1ccc(F)cc1F. The monoisotopic (exact) mass is 201 g/mol. The fourth-order valence-corrected chi connectivity index (χ4v) is 0.850. The van der Waals surface area contributed by atoms with Gasteiger partial charge in [0.25, 0.3) is 0 Å². The summed E-state index contributed by atoms with van der Waals surface area (Å²) >= 11 is 0. The van der Waals surface area contributed by atoms with Gasteiger partial charge in [0.15, 0.2) is 11.6 Å². The standard InChI is InChI=1S/C9H9F2NO2/c10-6-1-2-8(7(11)5-6)14-9(13)3-4-12/h1-2,5H,3-4,12H2. The molecule has 0 amide bonds. The Morgan fingerprint density at radius 1 is 1.43 bits per heavy atom. The Morgan fingerprint density at radius 3 is 2.71 bits per heavy atom. The smallest absolute Gasteiger partial charge is 0.312 e. The number of hydrogen-bond acceptors (Lipinski definition) is 3. The molecule has 1 aromatic carbocycles. The van der Waals surface area contributed by atoms with Crippen LogP contribution in [0.3, 0.4) is 0 Å². The van der Waals surface area contributed by atoms with Crippen LogP contribution in [0.1, 0.15) is 6.42 Å². The molecular weight excluding hydrogens is 192 g/mol. The predicted molar refractivity (Wildman–Crippen MR) is 45.7 cm³/mol. The van der Waals surface area contributed by atoms with Gasteiger partial charge in [-0.1, -0.05) is 0 Å². The number of halogens is 2. The van der Waals surface area contributed by atoms with Crippen molar-refractivity contribution < 1.29 is 18.3 Å². The minimum atomic E-state index is -0.907. The molecule has 0 saturated carbocycles. The highest BCUT2D eigenvalue weighted by Gasteiger charge is 2.09. The van der Waals surface area contributed by atoms with Crippen LogP contribution >= 0.6 is 0 Å². The van der Waals surface area contributed by atoms with Gasteiger partial charge >= 0.3 is 5.97 Å². The van der Waals surface area contributed by atoms with Crippen LogP contribution < -0.4 is 10.5 Å². The van der Waals surface area contributed by atoms with E-state index in [-0.39, 0.29) is 18.7 Å². The molecule has 1 rings (SSSR count). The molecule has 5 heteroatoms. The number of benzene rings is 1. The zero-order valence-electron chi connectivity index (χ0n) is 7.30. The Bertz CT molecular complexity index is 342. The van der Waals surface area contributed by atoms with Gasteiger partial charge in [-0.05, 0) is 12.1 Å². The number of carbonyl (C=O) groups excluding carboxylic acids is 1. The quantitative estimate of drug-likeness (QED) is 0.590. The van der Waals surface area contributed by atoms with Gasteiger partial charge in [0.05, 0.1) is 6.42 Å². The zero-order chi connectivity index (χ0) is 10.6. The third kappa shape index (κ3) is 2.77. The summed E-state index contributed by atoms with van der Waals surface area (Å²) in [5.41, 5.74) is 5.09. The van der Waals surface area contributed by atoms with Gasteiger partial charge < -0.3 is 10.5 Å². The van der Waals surface area contributed by atoms with Crippen molar-refractivity contribution >= 4 is 5.97 Å². The second kappa shape index (κ2) is 4.66. The van der Waals surface area contributed by atoms with Crippen molar-refractivity contribution in [2.75, 3.05) is 6.54 Å². The minimum Gasteiger partial charge on any atom is -0.423 e. The van der Waals surface area contributed by atoms with Crippen LogP contribution in [0.5, 0.6) is 5.75 Å². The van der Waals surface area contributed by atoms with E-state index in [9.17, 15) is 13.6 Å².